The van der Waals surface area contributed by atoms with E-state index in [0.717, 1.165) is 32.8 Å². The second-order valence-corrected chi connectivity index (χ2v) is 7.19. The zero-order chi connectivity index (χ0) is 15.0. The van der Waals surface area contributed by atoms with Gasteiger partial charge in [0.15, 0.2) is 0 Å². The molecule has 0 fully saturated rings. The highest BCUT2D eigenvalue weighted by atomic mass is 79.9. The summed E-state index contributed by atoms with van der Waals surface area (Å²) in [6.45, 7) is 4.30. The van der Waals surface area contributed by atoms with Crippen molar-refractivity contribution in [2.24, 2.45) is 0 Å². The van der Waals surface area contributed by atoms with E-state index in [2.05, 4.69) is 50.4 Å². The van der Waals surface area contributed by atoms with E-state index in [1.807, 2.05) is 18.3 Å². The number of aryl methyl sites for hydroxylation is 1. The number of halogens is 2. The van der Waals surface area contributed by atoms with E-state index in [-0.39, 0.29) is 6.04 Å². The maximum atomic E-state index is 6.10. The van der Waals surface area contributed by atoms with Crippen LogP contribution in [0.3, 0.4) is 0 Å². The molecule has 0 amide bonds. The summed E-state index contributed by atoms with van der Waals surface area (Å²) in [5.41, 5.74) is 2.05. The van der Waals surface area contributed by atoms with Gasteiger partial charge in [-0.2, -0.15) is 0 Å². The van der Waals surface area contributed by atoms with Gasteiger partial charge in [-0.25, -0.2) is 9.97 Å². The molecular weight excluding hydrogens is 370 g/mol. The van der Waals surface area contributed by atoms with E-state index in [0.29, 0.717) is 5.88 Å². The minimum absolute atomic E-state index is 0.128. The summed E-state index contributed by atoms with van der Waals surface area (Å²) < 4.78 is 3.23. The summed E-state index contributed by atoms with van der Waals surface area (Å²) in [6, 6.07) is 6.23. The third-order valence-corrected chi connectivity index (χ3v) is 5.55. The summed E-state index contributed by atoms with van der Waals surface area (Å²) in [4.78, 5) is 10.5. The molecule has 6 heteroatoms. The van der Waals surface area contributed by atoms with Gasteiger partial charge in [-0.15, -0.1) is 22.9 Å². The van der Waals surface area contributed by atoms with Crippen LogP contribution < -0.4 is 0 Å². The number of fused-ring (bicyclic) bond motifs is 1. The predicted octanol–water partition coefficient (Wildman–Crippen LogP) is 5.17. The number of thiazole rings is 1. The lowest BCUT2D eigenvalue weighted by molar-refractivity contribution is 0.629. The monoisotopic (exact) mass is 383 g/mol. The van der Waals surface area contributed by atoms with Crippen molar-refractivity contribution in [3.8, 4) is 0 Å². The van der Waals surface area contributed by atoms with E-state index in [4.69, 9.17) is 11.6 Å². The van der Waals surface area contributed by atoms with E-state index in [9.17, 15) is 0 Å². The highest BCUT2D eigenvalue weighted by Crippen LogP contribution is 2.30. The van der Waals surface area contributed by atoms with Gasteiger partial charge in [0.2, 0.25) is 0 Å². The summed E-state index contributed by atoms with van der Waals surface area (Å²) in [6.07, 6.45) is 2.98. The molecule has 0 aliphatic carbocycles. The Balaban J connectivity index is 2.15. The molecule has 3 aromatic rings. The van der Waals surface area contributed by atoms with E-state index in [1.54, 1.807) is 11.3 Å². The molecule has 1 atom stereocenters. The number of imidazole rings is 1. The van der Waals surface area contributed by atoms with Crippen LogP contribution in [0.5, 0.6) is 0 Å². The maximum absolute atomic E-state index is 6.10. The van der Waals surface area contributed by atoms with Crippen LogP contribution in [0, 0.1) is 0 Å². The van der Waals surface area contributed by atoms with Crippen molar-refractivity contribution >= 4 is 49.9 Å². The van der Waals surface area contributed by atoms with Gasteiger partial charge < -0.3 is 4.57 Å². The number of nitrogens with zero attached hydrogens (tertiary/aromatic N) is 3. The fourth-order valence-electron chi connectivity index (χ4n) is 2.43. The standard InChI is InChI=1S/C15H15BrClN3S/c1-3-11-8-18-15(21-11)9(2)20-13-6-10(16)4-5-12(13)19-14(20)7-17/h4-6,8-9H,3,7H2,1-2H3. The molecule has 3 nitrogen and oxygen atoms in total. The summed E-state index contributed by atoms with van der Waals surface area (Å²) in [7, 11) is 0. The Morgan fingerprint density at radius 2 is 2.24 bits per heavy atom. The van der Waals surface area contributed by atoms with Crippen LogP contribution in [0.2, 0.25) is 0 Å². The Kier molecular flexibility index (Phi) is 4.33. The van der Waals surface area contributed by atoms with Crippen LogP contribution in [0.1, 0.15) is 35.6 Å². The number of aromatic nitrogens is 3. The van der Waals surface area contributed by atoms with Gasteiger partial charge in [0.25, 0.3) is 0 Å². The maximum Gasteiger partial charge on any atom is 0.125 e. The van der Waals surface area contributed by atoms with Gasteiger partial charge in [0.05, 0.1) is 23.0 Å². The second-order valence-electron chi connectivity index (χ2n) is 4.86. The molecule has 0 aliphatic heterocycles. The molecule has 21 heavy (non-hydrogen) atoms. The first-order valence-corrected chi connectivity index (χ1v) is 8.95. The van der Waals surface area contributed by atoms with Crippen LogP contribution in [0.4, 0.5) is 0 Å². The number of alkyl halides is 1. The topological polar surface area (TPSA) is 30.7 Å². The lowest BCUT2D eigenvalue weighted by Crippen LogP contribution is -2.09. The van der Waals surface area contributed by atoms with Crippen molar-refractivity contribution in [1.29, 1.82) is 0 Å². The lowest BCUT2D eigenvalue weighted by atomic mass is 10.3. The first kappa shape index (κ1) is 15.0. The second kappa shape index (κ2) is 6.07. The van der Waals surface area contributed by atoms with E-state index in [1.165, 1.54) is 4.88 Å². The highest BCUT2D eigenvalue weighted by molar-refractivity contribution is 9.10. The number of hydrogen-bond acceptors (Lipinski definition) is 3. The summed E-state index contributed by atoms with van der Waals surface area (Å²) in [5, 5.41) is 1.09. The SMILES string of the molecule is CCc1cnc(C(C)n2c(CCl)nc3ccc(Br)cc32)s1. The molecular formula is C15H15BrClN3S. The Hall–Kier alpha value is -0.910. The minimum atomic E-state index is 0.128. The largest absolute Gasteiger partial charge is 0.317 e. The Bertz CT molecular complexity index is 780. The molecule has 0 aliphatic rings. The van der Waals surface area contributed by atoms with Crippen LogP contribution in [-0.4, -0.2) is 14.5 Å². The molecule has 2 aromatic heterocycles. The van der Waals surface area contributed by atoms with Crippen molar-refractivity contribution in [1.82, 2.24) is 14.5 Å². The van der Waals surface area contributed by atoms with Gasteiger partial charge in [0, 0.05) is 15.5 Å². The number of hydrogen-bond donors (Lipinski definition) is 0. The lowest BCUT2D eigenvalue weighted by Gasteiger charge is -2.14. The minimum Gasteiger partial charge on any atom is -0.317 e. The first-order chi connectivity index (χ1) is 10.1. The van der Waals surface area contributed by atoms with Gasteiger partial charge in [-0.05, 0) is 31.5 Å². The van der Waals surface area contributed by atoms with Crippen molar-refractivity contribution in [2.45, 2.75) is 32.2 Å². The number of rotatable bonds is 4. The number of benzene rings is 1. The third-order valence-electron chi connectivity index (χ3n) is 3.51. The molecule has 3 rings (SSSR count). The smallest absolute Gasteiger partial charge is 0.125 e. The molecule has 0 saturated carbocycles. The van der Waals surface area contributed by atoms with Crippen LogP contribution >= 0.6 is 38.9 Å². The quantitative estimate of drug-likeness (QED) is 0.581. The van der Waals surface area contributed by atoms with Gasteiger partial charge in [-0.1, -0.05) is 22.9 Å². The van der Waals surface area contributed by atoms with Crippen molar-refractivity contribution in [2.75, 3.05) is 0 Å². The van der Waals surface area contributed by atoms with E-state index < -0.39 is 0 Å². The molecule has 0 bridgehead atoms. The average Bonchev–Trinajstić information content (AvgIpc) is 3.10. The zero-order valence-electron chi connectivity index (χ0n) is 11.8. The fourth-order valence-corrected chi connectivity index (χ4v) is 3.87. The molecule has 0 N–H and O–H groups in total. The molecule has 2 heterocycles. The summed E-state index contributed by atoms with van der Waals surface area (Å²) in [5.74, 6) is 1.27. The van der Waals surface area contributed by atoms with Crippen molar-refractivity contribution < 1.29 is 0 Å². The van der Waals surface area contributed by atoms with Crippen LogP contribution in [-0.2, 0) is 12.3 Å². The molecule has 110 valence electrons. The molecule has 0 spiro atoms. The van der Waals surface area contributed by atoms with Crippen LogP contribution in [0.25, 0.3) is 11.0 Å². The fraction of sp³-hybridized carbons (Fsp3) is 0.333. The third kappa shape index (κ3) is 2.74. The molecule has 0 saturated heterocycles. The Morgan fingerprint density at radius 1 is 1.43 bits per heavy atom. The van der Waals surface area contributed by atoms with Gasteiger partial charge in [0.1, 0.15) is 10.8 Å². The first-order valence-electron chi connectivity index (χ1n) is 6.81. The van der Waals surface area contributed by atoms with Crippen molar-refractivity contribution in [3.63, 3.8) is 0 Å². The Morgan fingerprint density at radius 3 is 2.90 bits per heavy atom. The average molecular weight is 385 g/mol. The summed E-state index contributed by atoms with van der Waals surface area (Å²) >= 11 is 11.4. The van der Waals surface area contributed by atoms with Crippen molar-refractivity contribution in [3.05, 3.63) is 44.6 Å². The highest BCUT2D eigenvalue weighted by Gasteiger charge is 2.19. The zero-order valence-corrected chi connectivity index (χ0v) is 15.0. The molecule has 0 radical (unpaired) electrons. The molecule has 1 unspecified atom stereocenters. The van der Waals surface area contributed by atoms with E-state index >= 15 is 0 Å². The normalized spacial score (nSPS) is 13.0. The van der Waals surface area contributed by atoms with Crippen LogP contribution in [0.15, 0.2) is 28.9 Å². The molecule has 1 aromatic carbocycles. The van der Waals surface area contributed by atoms with Gasteiger partial charge in [-0.3, -0.25) is 0 Å². The predicted molar refractivity (Wildman–Crippen MR) is 92.3 cm³/mol. The van der Waals surface area contributed by atoms with Gasteiger partial charge >= 0.3 is 0 Å². The Labute approximate surface area is 141 Å².